The number of carboxylic acids is 1. The number of carboxylic acid groups (broad SMARTS) is 1. The number of aliphatic carboxylic acids is 1. The summed E-state index contributed by atoms with van der Waals surface area (Å²) in [5.74, 6) is -2.84. The van der Waals surface area contributed by atoms with Crippen LogP contribution < -0.4 is 0 Å². The van der Waals surface area contributed by atoms with Gasteiger partial charge in [0.25, 0.3) is 0 Å². The molecule has 1 unspecified atom stereocenters. The summed E-state index contributed by atoms with van der Waals surface area (Å²) in [6, 6.07) is 0. The second-order valence-corrected chi connectivity index (χ2v) is 2.50. The number of allylic oxidation sites excluding steroid dienone is 1. The molecule has 0 rings (SSSR count). The lowest BCUT2D eigenvalue weighted by atomic mass is 10.1. The van der Waals surface area contributed by atoms with E-state index in [1.807, 2.05) is 0 Å². The molecule has 0 aromatic carbocycles. The number of ether oxygens (including phenoxy) is 1. The van der Waals surface area contributed by atoms with Gasteiger partial charge in [-0.25, -0.2) is 0 Å². The van der Waals surface area contributed by atoms with Crippen LogP contribution in [0, 0.1) is 5.92 Å². The van der Waals surface area contributed by atoms with Crippen molar-refractivity contribution in [1.29, 1.82) is 0 Å². The summed E-state index contributed by atoms with van der Waals surface area (Å²) in [6.07, 6.45) is 3.63. The standard InChI is InChI=1S/C9H14O4/c1-3-5-6-13-9(12)7(4-2)8(10)11/h3,5,7H,4,6H2,1-2H3,(H,10,11). The summed E-state index contributed by atoms with van der Waals surface area (Å²) in [5.41, 5.74) is 0. The van der Waals surface area contributed by atoms with E-state index in [1.165, 1.54) is 0 Å². The van der Waals surface area contributed by atoms with Crippen LogP contribution in [0.5, 0.6) is 0 Å². The zero-order chi connectivity index (χ0) is 10.3. The number of esters is 1. The summed E-state index contributed by atoms with van der Waals surface area (Å²) in [5, 5.41) is 8.58. The first-order chi connectivity index (χ1) is 6.13. The summed E-state index contributed by atoms with van der Waals surface area (Å²) >= 11 is 0. The zero-order valence-electron chi connectivity index (χ0n) is 7.82. The van der Waals surface area contributed by atoms with E-state index < -0.39 is 17.9 Å². The molecule has 0 saturated heterocycles. The molecule has 0 bridgehead atoms. The van der Waals surface area contributed by atoms with Gasteiger partial charge in [0.1, 0.15) is 6.61 Å². The normalized spacial score (nSPS) is 12.8. The van der Waals surface area contributed by atoms with Gasteiger partial charge in [-0.2, -0.15) is 0 Å². The van der Waals surface area contributed by atoms with Crippen LogP contribution in [0.2, 0.25) is 0 Å². The minimum Gasteiger partial charge on any atom is -0.481 e. The lowest BCUT2D eigenvalue weighted by Gasteiger charge is -2.07. The quantitative estimate of drug-likeness (QED) is 0.398. The first-order valence-corrected chi connectivity index (χ1v) is 4.14. The number of carbonyl (C=O) groups excluding carboxylic acids is 1. The Morgan fingerprint density at radius 2 is 2.15 bits per heavy atom. The highest BCUT2D eigenvalue weighted by Crippen LogP contribution is 2.05. The molecule has 0 aliphatic carbocycles. The van der Waals surface area contributed by atoms with E-state index in [0.29, 0.717) is 0 Å². The summed E-state index contributed by atoms with van der Waals surface area (Å²) in [7, 11) is 0. The van der Waals surface area contributed by atoms with Crippen LogP contribution in [-0.2, 0) is 14.3 Å². The largest absolute Gasteiger partial charge is 0.481 e. The number of rotatable bonds is 5. The van der Waals surface area contributed by atoms with Crippen molar-refractivity contribution in [2.45, 2.75) is 20.3 Å². The van der Waals surface area contributed by atoms with Crippen molar-refractivity contribution in [2.75, 3.05) is 6.61 Å². The topological polar surface area (TPSA) is 63.6 Å². The molecule has 0 aromatic rings. The Morgan fingerprint density at radius 3 is 2.54 bits per heavy atom. The van der Waals surface area contributed by atoms with E-state index in [0.717, 1.165) is 0 Å². The SMILES string of the molecule is CC=CCOC(=O)C(CC)C(=O)O. The lowest BCUT2D eigenvalue weighted by Crippen LogP contribution is -2.25. The second kappa shape index (κ2) is 6.22. The van der Waals surface area contributed by atoms with Crippen molar-refractivity contribution in [3.8, 4) is 0 Å². The van der Waals surface area contributed by atoms with Gasteiger partial charge in [-0.15, -0.1) is 0 Å². The highest BCUT2D eigenvalue weighted by atomic mass is 16.5. The first kappa shape index (κ1) is 11.7. The van der Waals surface area contributed by atoms with Crippen molar-refractivity contribution in [2.24, 2.45) is 5.92 Å². The minimum atomic E-state index is -1.13. The maximum atomic E-state index is 11.1. The molecule has 0 heterocycles. The van der Waals surface area contributed by atoms with E-state index in [2.05, 4.69) is 0 Å². The van der Waals surface area contributed by atoms with E-state index in [4.69, 9.17) is 9.84 Å². The Morgan fingerprint density at radius 1 is 1.54 bits per heavy atom. The van der Waals surface area contributed by atoms with Crippen molar-refractivity contribution in [3.05, 3.63) is 12.2 Å². The van der Waals surface area contributed by atoms with Gasteiger partial charge >= 0.3 is 11.9 Å². The van der Waals surface area contributed by atoms with Crippen molar-refractivity contribution in [1.82, 2.24) is 0 Å². The predicted octanol–water partition coefficient (Wildman–Crippen LogP) is 1.22. The molecule has 74 valence electrons. The Labute approximate surface area is 77.2 Å². The molecule has 0 amide bonds. The number of carbonyl (C=O) groups is 2. The molecule has 4 nitrogen and oxygen atoms in total. The third-order valence-corrected chi connectivity index (χ3v) is 1.55. The smallest absolute Gasteiger partial charge is 0.320 e. The number of hydrogen-bond donors (Lipinski definition) is 1. The Hall–Kier alpha value is -1.32. The fourth-order valence-electron chi connectivity index (χ4n) is 0.769. The molecule has 0 aliphatic rings. The molecule has 13 heavy (non-hydrogen) atoms. The molecule has 0 radical (unpaired) electrons. The molecule has 4 heteroatoms. The molecular weight excluding hydrogens is 172 g/mol. The van der Waals surface area contributed by atoms with Crippen LogP contribution >= 0.6 is 0 Å². The zero-order valence-corrected chi connectivity index (χ0v) is 7.82. The monoisotopic (exact) mass is 186 g/mol. The van der Waals surface area contributed by atoms with Crippen LogP contribution in [0.25, 0.3) is 0 Å². The van der Waals surface area contributed by atoms with Crippen LogP contribution in [0.3, 0.4) is 0 Å². The van der Waals surface area contributed by atoms with Gasteiger partial charge in [-0.3, -0.25) is 9.59 Å². The average Bonchev–Trinajstić information content (AvgIpc) is 2.05. The molecule has 0 aliphatic heterocycles. The fourth-order valence-corrected chi connectivity index (χ4v) is 0.769. The van der Waals surface area contributed by atoms with Crippen LogP contribution in [-0.4, -0.2) is 23.7 Å². The van der Waals surface area contributed by atoms with E-state index in [9.17, 15) is 9.59 Å². The molecular formula is C9H14O4. The molecule has 1 atom stereocenters. The molecule has 0 saturated carbocycles. The highest BCUT2D eigenvalue weighted by molar-refractivity contribution is 5.93. The Balaban J connectivity index is 3.99. The third kappa shape index (κ3) is 4.30. The fraction of sp³-hybridized carbons (Fsp3) is 0.556. The molecule has 0 fully saturated rings. The van der Waals surface area contributed by atoms with Gasteiger partial charge in [0.05, 0.1) is 0 Å². The number of hydrogen-bond acceptors (Lipinski definition) is 3. The molecule has 0 spiro atoms. The second-order valence-electron chi connectivity index (χ2n) is 2.50. The van der Waals surface area contributed by atoms with E-state index >= 15 is 0 Å². The van der Waals surface area contributed by atoms with Gasteiger partial charge in [0, 0.05) is 0 Å². The van der Waals surface area contributed by atoms with Gasteiger partial charge in [0.2, 0.25) is 0 Å². The van der Waals surface area contributed by atoms with Gasteiger partial charge in [-0.1, -0.05) is 19.1 Å². The van der Waals surface area contributed by atoms with Gasteiger partial charge in [-0.05, 0) is 13.3 Å². The summed E-state index contributed by atoms with van der Waals surface area (Å²) in [6.45, 7) is 3.57. The van der Waals surface area contributed by atoms with E-state index in [1.54, 1.807) is 26.0 Å². The maximum Gasteiger partial charge on any atom is 0.320 e. The first-order valence-electron chi connectivity index (χ1n) is 4.14. The van der Waals surface area contributed by atoms with Crippen molar-refractivity contribution >= 4 is 11.9 Å². The Kier molecular flexibility index (Phi) is 5.59. The van der Waals surface area contributed by atoms with Crippen LogP contribution in [0.1, 0.15) is 20.3 Å². The highest BCUT2D eigenvalue weighted by Gasteiger charge is 2.25. The average molecular weight is 186 g/mol. The summed E-state index contributed by atoms with van der Waals surface area (Å²) in [4.78, 5) is 21.5. The van der Waals surface area contributed by atoms with Crippen LogP contribution in [0.4, 0.5) is 0 Å². The van der Waals surface area contributed by atoms with Crippen LogP contribution in [0.15, 0.2) is 12.2 Å². The molecule has 0 aromatic heterocycles. The molecule has 1 N–H and O–H groups in total. The van der Waals surface area contributed by atoms with E-state index in [-0.39, 0.29) is 13.0 Å². The third-order valence-electron chi connectivity index (χ3n) is 1.55. The Bertz CT molecular complexity index is 208. The lowest BCUT2D eigenvalue weighted by molar-refractivity contribution is -0.157. The maximum absolute atomic E-state index is 11.1. The van der Waals surface area contributed by atoms with Gasteiger partial charge in [0.15, 0.2) is 5.92 Å². The predicted molar refractivity (Wildman–Crippen MR) is 47.2 cm³/mol. The summed E-state index contributed by atoms with van der Waals surface area (Å²) < 4.78 is 4.69. The van der Waals surface area contributed by atoms with Gasteiger partial charge < -0.3 is 9.84 Å². The van der Waals surface area contributed by atoms with Crippen molar-refractivity contribution in [3.63, 3.8) is 0 Å². The van der Waals surface area contributed by atoms with Crippen molar-refractivity contribution < 1.29 is 19.4 Å². The minimum absolute atomic E-state index is 0.138.